The summed E-state index contributed by atoms with van der Waals surface area (Å²) in [5.74, 6) is 1.22. The highest BCUT2D eigenvalue weighted by Crippen LogP contribution is 2.28. The molecule has 1 aliphatic heterocycles. The second-order valence-electron chi connectivity index (χ2n) is 3.48. The second-order valence-corrected chi connectivity index (χ2v) is 3.48. The summed E-state index contributed by atoms with van der Waals surface area (Å²) in [6.45, 7) is 6.48. The highest BCUT2D eigenvalue weighted by atomic mass is 16.5. The number of hydrogen-bond acceptors (Lipinski definition) is 1. The fourth-order valence-corrected chi connectivity index (χ4v) is 1.51. The maximum Gasteiger partial charge on any atom is 0.109 e. The van der Waals surface area contributed by atoms with Gasteiger partial charge in [-0.25, -0.2) is 0 Å². The van der Waals surface area contributed by atoms with Crippen LogP contribution in [-0.4, -0.2) is 20.0 Å². The summed E-state index contributed by atoms with van der Waals surface area (Å²) >= 11 is 0. The number of ether oxygens (including phenoxy) is 1. The Morgan fingerprint density at radius 3 is 2.40 bits per heavy atom. The van der Waals surface area contributed by atoms with Crippen LogP contribution >= 0.6 is 0 Å². The summed E-state index contributed by atoms with van der Waals surface area (Å²) in [7, 11) is 5.74. The van der Waals surface area contributed by atoms with Crippen molar-refractivity contribution >= 4 is 7.85 Å². The van der Waals surface area contributed by atoms with Crippen LogP contribution in [0.25, 0.3) is 0 Å². The minimum Gasteiger partial charge on any atom is -0.385 e. The minimum absolute atomic E-state index is 0.0428. The summed E-state index contributed by atoms with van der Waals surface area (Å²) in [6.07, 6.45) is 1.50. The molecule has 2 radical (unpaired) electrons. The van der Waals surface area contributed by atoms with E-state index in [1.165, 1.54) is 0 Å². The summed E-state index contributed by atoms with van der Waals surface area (Å²) in [4.78, 5) is 0. The van der Waals surface area contributed by atoms with Gasteiger partial charge < -0.3 is 4.74 Å². The van der Waals surface area contributed by atoms with Crippen LogP contribution in [0.2, 0.25) is 0 Å². The first-order valence-electron chi connectivity index (χ1n) is 4.02. The zero-order chi connectivity index (χ0) is 7.72. The fourth-order valence-electron chi connectivity index (χ4n) is 1.51. The maximum absolute atomic E-state index is 5.74. The Morgan fingerprint density at radius 1 is 1.30 bits per heavy atom. The summed E-state index contributed by atoms with van der Waals surface area (Å²) in [5.41, 5.74) is 0. The van der Waals surface area contributed by atoms with E-state index >= 15 is 0 Å². The average Bonchev–Trinajstić information content (AvgIpc) is 1.82. The quantitative estimate of drug-likeness (QED) is 0.461. The van der Waals surface area contributed by atoms with Crippen molar-refractivity contribution in [3.8, 4) is 0 Å². The molecule has 1 saturated heterocycles. The van der Waals surface area contributed by atoms with E-state index < -0.39 is 0 Å². The Balaban J connectivity index is 2.49. The lowest BCUT2D eigenvalue weighted by atomic mass is 9.76. The van der Waals surface area contributed by atoms with Gasteiger partial charge in [0.05, 0.1) is 6.10 Å². The van der Waals surface area contributed by atoms with Gasteiger partial charge in [-0.15, -0.1) is 0 Å². The lowest BCUT2D eigenvalue weighted by Gasteiger charge is -2.36. The standard InChI is InChI=1S/C8H15BO/c1-5-4-6(2)10-8(9)7(5)3/h5-8H,4H2,1-3H3/t5-,6?,7?,8?/m0/s1. The van der Waals surface area contributed by atoms with Crippen LogP contribution in [0, 0.1) is 11.8 Å². The molecule has 1 nitrogen and oxygen atoms in total. The van der Waals surface area contributed by atoms with Crippen LogP contribution < -0.4 is 0 Å². The Hall–Kier alpha value is 0.0249. The van der Waals surface area contributed by atoms with E-state index in [0.717, 1.165) is 6.42 Å². The molecule has 0 N–H and O–H groups in total. The molecule has 3 unspecified atom stereocenters. The molecule has 0 aromatic heterocycles. The maximum atomic E-state index is 5.74. The summed E-state index contributed by atoms with van der Waals surface area (Å²) < 4.78 is 5.45. The van der Waals surface area contributed by atoms with Crippen molar-refractivity contribution in [3.05, 3.63) is 0 Å². The highest BCUT2D eigenvalue weighted by Gasteiger charge is 2.27. The fraction of sp³-hybridized carbons (Fsp3) is 1.00. The SMILES string of the molecule is [B]C1OC(C)C[C@H](C)C1C. The Bertz CT molecular complexity index is 104. The van der Waals surface area contributed by atoms with Crippen molar-refractivity contribution in [1.29, 1.82) is 0 Å². The lowest BCUT2D eigenvalue weighted by Crippen LogP contribution is -2.37. The van der Waals surface area contributed by atoms with Crippen LogP contribution in [-0.2, 0) is 4.74 Å². The van der Waals surface area contributed by atoms with Gasteiger partial charge >= 0.3 is 0 Å². The van der Waals surface area contributed by atoms with Gasteiger partial charge in [0, 0.05) is 6.00 Å². The van der Waals surface area contributed by atoms with E-state index in [9.17, 15) is 0 Å². The van der Waals surface area contributed by atoms with Crippen LogP contribution in [0.3, 0.4) is 0 Å². The number of hydrogen-bond donors (Lipinski definition) is 0. The normalized spacial score (nSPS) is 49.1. The molecule has 1 rings (SSSR count). The van der Waals surface area contributed by atoms with Gasteiger partial charge in [-0.05, 0) is 25.2 Å². The smallest absolute Gasteiger partial charge is 0.109 e. The molecule has 0 aromatic carbocycles. The van der Waals surface area contributed by atoms with E-state index in [0.29, 0.717) is 17.9 Å². The molecule has 10 heavy (non-hydrogen) atoms. The van der Waals surface area contributed by atoms with Gasteiger partial charge in [0.2, 0.25) is 0 Å². The third-order valence-corrected chi connectivity index (χ3v) is 2.51. The molecule has 2 heteroatoms. The Labute approximate surface area is 64.6 Å². The highest BCUT2D eigenvalue weighted by molar-refractivity contribution is 6.11. The molecule has 0 aromatic rings. The molecule has 56 valence electrons. The molecule has 1 heterocycles. The summed E-state index contributed by atoms with van der Waals surface area (Å²) in [5, 5.41) is 0. The molecule has 0 bridgehead atoms. The van der Waals surface area contributed by atoms with Gasteiger partial charge in [-0.1, -0.05) is 13.8 Å². The van der Waals surface area contributed by atoms with Gasteiger partial charge in [-0.2, -0.15) is 0 Å². The molecule has 0 spiro atoms. The molecule has 0 aliphatic carbocycles. The van der Waals surface area contributed by atoms with Gasteiger partial charge in [0.25, 0.3) is 0 Å². The predicted molar refractivity (Wildman–Crippen MR) is 43.0 cm³/mol. The minimum atomic E-state index is -0.0428. The largest absolute Gasteiger partial charge is 0.385 e. The Kier molecular flexibility index (Phi) is 2.40. The van der Waals surface area contributed by atoms with Crippen molar-refractivity contribution in [2.75, 3.05) is 0 Å². The van der Waals surface area contributed by atoms with Gasteiger partial charge in [0.1, 0.15) is 7.85 Å². The van der Waals surface area contributed by atoms with Crippen LogP contribution in [0.1, 0.15) is 27.2 Å². The first kappa shape index (κ1) is 8.12. The molecular weight excluding hydrogens is 123 g/mol. The van der Waals surface area contributed by atoms with E-state index in [2.05, 4.69) is 20.8 Å². The molecule has 1 aliphatic rings. The van der Waals surface area contributed by atoms with Crippen molar-refractivity contribution < 1.29 is 4.74 Å². The molecule has 0 saturated carbocycles. The van der Waals surface area contributed by atoms with E-state index in [4.69, 9.17) is 12.6 Å². The van der Waals surface area contributed by atoms with Crippen LogP contribution in [0.5, 0.6) is 0 Å². The zero-order valence-corrected chi connectivity index (χ0v) is 7.00. The van der Waals surface area contributed by atoms with Gasteiger partial charge in [-0.3, -0.25) is 0 Å². The average molecular weight is 138 g/mol. The van der Waals surface area contributed by atoms with E-state index in [1.807, 2.05) is 0 Å². The third-order valence-electron chi connectivity index (χ3n) is 2.51. The van der Waals surface area contributed by atoms with E-state index in [1.54, 1.807) is 0 Å². The summed E-state index contributed by atoms with van der Waals surface area (Å²) in [6, 6.07) is -0.0428. The molecule has 4 atom stereocenters. The third kappa shape index (κ3) is 1.54. The molecule has 0 amide bonds. The van der Waals surface area contributed by atoms with Crippen molar-refractivity contribution in [1.82, 2.24) is 0 Å². The van der Waals surface area contributed by atoms with Crippen LogP contribution in [0.4, 0.5) is 0 Å². The first-order chi connectivity index (χ1) is 4.61. The van der Waals surface area contributed by atoms with Crippen LogP contribution in [0.15, 0.2) is 0 Å². The van der Waals surface area contributed by atoms with Crippen molar-refractivity contribution in [2.24, 2.45) is 11.8 Å². The molecular formula is C8H15BO. The number of rotatable bonds is 0. The topological polar surface area (TPSA) is 9.23 Å². The predicted octanol–water partition coefficient (Wildman–Crippen LogP) is 1.56. The Morgan fingerprint density at radius 2 is 1.90 bits per heavy atom. The van der Waals surface area contributed by atoms with E-state index in [-0.39, 0.29) is 6.00 Å². The monoisotopic (exact) mass is 138 g/mol. The molecule has 1 fully saturated rings. The lowest BCUT2D eigenvalue weighted by molar-refractivity contribution is -0.0512. The van der Waals surface area contributed by atoms with Crippen molar-refractivity contribution in [2.45, 2.75) is 39.3 Å². The second kappa shape index (κ2) is 2.95. The van der Waals surface area contributed by atoms with Crippen molar-refractivity contribution in [3.63, 3.8) is 0 Å². The van der Waals surface area contributed by atoms with Gasteiger partial charge in [0.15, 0.2) is 0 Å². The first-order valence-corrected chi connectivity index (χ1v) is 4.02. The zero-order valence-electron chi connectivity index (χ0n) is 7.00.